The summed E-state index contributed by atoms with van der Waals surface area (Å²) in [6.45, 7) is 12.4. The van der Waals surface area contributed by atoms with E-state index >= 15 is 0 Å². The number of ether oxygens (including phenoxy) is 1. The fourth-order valence-electron chi connectivity index (χ4n) is 12.1. The molecule has 0 aromatic heterocycles. The first-order chi connectivity index (χ1) is 24.5. The lowest BCUT2D eigenvalue weighted by Gasteiger charge is -2.58. The van der Waals surface area contributed by atoms with Crippen LogP contribution in [0.5, 0.6) is 0 Å². The number of nitrogens with zero attached hydrogens (tertiary/aromatic N) is 1. The molecule has 51 heavy (non-hydrogen) atoms. The molecular weight excluding hydrogens is 631 g/mol. The lowest BCUT2D eigenvalue weighted by atomic mass is 9.47. The van der Waals surface area contributed by atoms with Gasteiger partial charge in [-0.3, -0.25) is 9.59 Å². The first-order valence-electron chi connectivity index (χ1n) is 19.9. The highest BCUT2D eigenvalue weighted by atomic mass is 16.5. The van der Waals surface area contributed by atoms with Gasteiger partial charge in [0.2, 0.25) is 0 Å². The van der Waals surface area contributed by atoms with Crippen molar-refractivity contribution in [3.63, 3.8) is 0 Å². The Morgan fingerprint density at radius 3 is 2.29 bits per heavy atom. The number of amides is 2. The molecule has 1 heterocycles. The predicted octanol–water partition coefficient (Wildman–Crippen LogP) is 11.2. The Hall–Kier alpha value is -3.73. The molecule has 5 heteroatoms. The van der Waals surface area contributed by atoms with Gasteiger partial charge < -0.3 is 4.74 Å². The summed E-state index contributed by atoms with van der Waals surface area (Å²) in [6.07, 6.45) is 15.6. The molecule has 4 aliphatic carbocycles. The van der Waals surface area contributed by atoms with Gasteiger partial charge in [-0.15, -0.1) is 0 Å². The summed E-state index contributed by atoms with van der Waals surface area (Å²) < 4.78 is 6.28. The van der Waals surface area contributed by atoms with E-state index in [1.54, 1.807) is 36.4 Å². The Balaban J connectivity index is 0.974. The van der Waals surface area contributed by atoms with Gasteiger partial charge in [-0.2, -0.15) is 0 Å². The standard InChI is InChI=1S/C46H55NO4/c1-28(2)11-8-12-29(3)37-21-22-38-33-20-19-31-27-32(23-25-45(31,4)39(33)24-26-46(37,38)5)51-44(50)34-15-6-7-18-40(34)47-42(48)35-16-9-13-30-14-10-17-36(41(30)35)43(47)49/h6-7,9-10,13-19,28-29,32-33,37-39H,8,11-12,20-27H2,1-5H3/t29-,32+,33+,37-,38+,39+,45+,46-/m1/s1. The lowest BCUT2D eigenvalue weighted by molar-refractivity contribution is -0.0594. The van der Waals surface area contributed by atoms with Crippen LogP contribution in [-0.2, 0) is 4.74 Å². The monoisotopic (exact) mass is 685 g/mol. The number of anilines is 1. The second-order valence-electron chi connectivity index (χ2n) is 17.7. The lowest BCUT2D eigenvalue weighted by Crippen LogP contribution is -2.51. The maximum Gasteiger partial charge on any atom is 0.340 e. The van der Waals surface area contributed by atoms with Gasteiger partial charge in [-0.1, -0.05) is 102 Å². The molecule has 5 nitrogen and oxygen atoms in total. The third kappa shape index (κ3) is 5.60. The molecule has 5 aliphatic rings. The van der Waals surface area contributed by atoms with Crippen LogP contribution >= 0.6 is 0 Å². The van der Waals surface area contributed by atoms with E-state index in [1.165, 1.54) is 50.5 Å². The maximum atomic E-state index is 13.9. The van der Waals surface area contributed by atoms with Crippen LogP contribution in [0, 0.1) is 46.3 Å². The molecule has 1 aliphatic heterocycles. The Labute approximate surface area is 304 Å². The van der Waals surface area contributed by atoms with E-state index in [-0.39, 0.29) is 22.8 Å². The van der Waals surface area contributed by atoms with E-state index in [9.17, 15) is 14.4 Å². The maximum absolute atomic E-state index is 13.9. The van der Waals surface area contributed by atoms with Gasteiger partial charge in [0, 0.05) is 22.9 Å². The van der Waals surface area contributed by atoms with Crippen LogP contribution in [0.4, 0.5) is 5.69 Å². The van der Waals surface area contributed by atoms with Gasteiger partial charge in [0.25, 0.3) is 11.8 Å². The predicted molar refractivity (Wildman–Crippen MR) is 204 cm³/mol. The third-order valence-electron chi connectivity index (χ3n) is 14.7. The number of allylic oxidation sites excluding steroid dienone is 1. The summed E-state index contributed by atoms with van der Waals surface area (Å²) in [6, 6.07) is 17.9. The highest BCUT2D eigenvalue weighted by Gasteiger charge is 2.59. The van der Waals surface area contributed by atoms with Gasteiger partial charge in [0.1, 0.15) is 6.10 Å². The minimum Gasteiger partial charge on any atom is -0.458 e. The molecule has 8 rings (SSSR count). The van der Waals surface area contributed by atoms with Gasteiger partial charge in [-0.25, -0.2) is 9.69 Å². The van der Waals surface area contributed by atoms with Gasteiger partial charge in [0.05, 0.1) is 11.3 Å². The number of para-hydroxylation sites is 1. The van der Waals surface area contributed by atoms with Crippen molar-refractivity contribution in [1.82, 2.24) is 0 Å². The first-order valence-corrected chi connectivity index (χ1v) is 19.9. The zero-order chi connectivity index (χ0) is 35.7. The highest BCUT2D eigenvalue weighted by Crippen LogP contribution is 2.67. The number of carbonyl (C=O) groups is 3. The molecule has 8 atom stereocenters. The van der Waals surface area contributed by atoms with Crippen LogP contribution in [0.2, 0.25) is 0 Å². The molecule has 3 aromatic carbocycles. The molecule has 0 bridgehead atoms. The third-order valence-corrected chi connectivity index (χ3v) is 14.7. The fourth-order valence-corrected chi connectivity index (χ4v) is 12.1. The molecule has 0 unspecified atom stereocenters. The van der Waals surface area contributed by atoms with E-state index in [0.29, 0.717) is 27.8 Å². The zero-order valence-electron chi connectivity index (χ0n) is 31.3. The van der Waals surface area contributed by atoms with Crippen molar-refractivity contribution >= 4 is 34.2 Å². The van der Waals surface area contributed by atoms with E-state index in [4.69, 9.17) is 4.74 Å². The topological polar surface area (TPSA) is 63.7 Å². The van der Waals surface area contributed by atoms with Gasteiger partial charge in [-0.05, 0) is 121 Å². The number of benzene rings is 3. The molecule has 0 N–H and O–H groups in total. The highest BCUT2D eigenvalue weighted by molar-refractivity contribution is 6.36. The van der Waals surface area contributed by atoms with Crippen LogP contribution in [-0.4, -0.2) is 23.9 Å². The molecule has 3 aromatic rings. The average molecular weight is 686 g/mol. The SMILES string of the molecule is CC(C)CCC[C@@H](C)[C@H]1CC[C@H]2[C@@H]3CC=C4C[C@@H](OC(=O)c5ccccc5N5C(=O)c6cccc7cccc(c67)C5=O)CC[C@]4(C)[C@H]3CC[C@]12C. The second-order valence-corrected chi connectivity index (χ2v) is 17.7. The Kier molecular flexibility index (Phi) is 8.79. The van der Waals surface area contributed by atoms with Crippen molar-refractivity contribution in [3.8, 4) is 0 Å². The van der Waals surface area contributed by atoms with Crippen LogP contribution in [0.3, 0.4) is 0 Å². The smallest absolute Gasteiger partial charge is 0.340 e. The fraction of sp³-hybridized carbons (Fsp3) is 0.543. The number of hydrogen-bond donors (Lipinski definition) is 0. The number of imide groups is 1. The van der Waals surface area contributed by atoms with Crippen LogP contribution in [0.1, 0.15) is 136 Å². The van der Waals surface area contributed by atoms with Crippen LogP contribution in [0.25, 0.3) is 10.8 Å². The molecular formula is C46H55NO4. The van der Waals surface area contributed by atoms with Gasteiger partial charge >= 0.3 is 5.97 Å². The van der Waals surface area contributed by atoms with E-state index in [2.05, 4.69) is 40.7 Å². The van der Waals surface area contributed by atoms with Crippen molar-refractivity contribution in [1.29, 1.82) is 0 Å². The van der Waals surface area contributed by atoms with Crippen molar-refractivity contribution in [2.75, 3.05) is 4.90 Å². The molecule has 3 saturated carbocycles. The molecule has 0 saturated heterocycles. The molecule has 3 fully saturated rings. The second kappa shape index (κ2) is 13.0. The Morgan fingerprint density at radius 2 is 1.57 bits per heavy atom. The largest absolute Gasteiger partial charge is 0.458 e. The normalized spacial score (nSPS) is 31.9. The van der Waals surface area contributed by atoms with E-state index in [1.807, 2.05) is 24.3 Å². The number of hydrogen-bond acceptors (Lipinski definition) is 4. The quantitative estimate of drug-likeness (QED) is 0.134. The van der Waals surface area contributed by atoms with Crippen LogP contribution < -0.4 is 4.90 Å². The van der Waals surface area contributed by atoms with Crippen molar-refractivity contribution in [3.05, 3.63) is 89.0 Å². The van der Waals surface area contributed by atoms with Crippen molar-refractivity contribution < 1.29 is 19.1 Å². The summed E-state index contributed by atoms with van der Waals surface area (Å²) >= 11 is 0. The minimum atomic E-state index is -0.473. The first kappa shape index (κ1) is 34.4. The summed E-state index contributed by atoms with van der Waals surface area (Å²) in [5, 5.41) is 1.52. The Morgan fingerprint density at radius 1 is 0.843 bits per heavy atom. The summed E-state index contributed by atoms with van der Waals surface area (Å²) in [4.78, 5) is 42.8. The number of fused-ring (bicyclic) bond motifs is 5. The summed E-state index contributed by atoms with van der Waals surface area (Å²) in [7, 11) is 0. The average Bonchev–Trinajstić information content (AvgIpc) is 3.48. The van der Waals surface area contributed by atoms with Crippen LogP contribution in [0.15, 0.2) is 72.3 Å². The van der Waals surface area contributed by atoms with Crippen molar-refractivity contribution in [2.24, 2.45) is 46.3 Å². The summed E-state index contributed by atoms with van der Waals surface area (Å²) in [5.41, 5.74) is 3.56. The molecule has 0 radical (unpaired) electrons. The number of esters is 1. The Bertz CT molecular complexity index is 1860. The van der Waals surface area contributed by atoms with E-state index in [0.717, 1.165) is 65.6 Å². The molecule has 0 spiro atoms. The molecule has 2 amide bonds. The zero-order valence-corrected chi connectivity index (χ0v) is 31.3. The number of rotatable bonds is 8. The summed E-state index contributed by atoms with van der Waals surface area (Å²) in [5.74, 6) is 3.42. The van der Waals surface area contributed by atoms with E-state index < -0.39 is 17.8 Å². The van der Waals surface area contributed by atoms with Gasteiger partial charge in [0.15, 0.2) is 0 Å². The molecule has 268 valence electrons. The van der Waals surface area contributed by atoms with Crippen molar-refractivity contribution in [2.45, 2.75) is 111 Å². The number of carbonyl (C=O) groups excluding carboxylic acids is 3. The minimum absolute atomic E-state index is 0.160.